The van der Waals surface area contributed by atoms with Gasteiger partial charge in [0.2, 0.25) is 0 Å². The second-order valence-corrected chi connectivity index (χ2v) is 2.85. The first-order valence-corrected chi connectivity index (χ1v) is 4.42. The Bertz CT molecular complexity index is 283. The number of aliphatic hydroxyl groups excluding tert-OH is 1. The number of hydrogen-bond donors (Lipinski definition) is 2. The fraction of sp³-hybridized carbons (Fsp3) is 0.400. The van der Waals surface area contributed by atoms with Gasteiger partial charge in [0.25, 0.3) is 0 Å². The Balaban J connectivity index is 0.00000196. The van der Waals surface area contributed by atoms with Gasteiger partial charge in [-0.2, -0.15) is 0 Å². The zero-order valence-electron chi connectivity index (χ0n) is 8.55. The fourth-order valence-electron chi connectivity index (χ4n) is 0.992. The lowest BCUT2D eigenvalue weighted by molar-refractivity contribution is 0.112. The number of methoxy groups -OCH3 is 1. The molecule has 0 aliphatic rings. The average molecular weight is 234 g/mol. The number of aliphatic hydroxyl groups is 1. The van der Waals surface area contributed by atoms with Gasteiger partial charge in [0.05, 0.1) is 7.11 Å². The predicted octanol–water partition coefficient (Wildman–Crippen LogP) is 0.815. The van der Waals surface area contributed by atoms with E-state index >= 15 is 0 Å². The van der Waals surface area contributed by atoms with Crippen LogP contribution in [0.3, 0.4) is 0 Å². The first-order chi connectivity index (χ1) is 6.77. The van der Waals surface area contributed by atoms with E-state index in [1.165, 1.54) is 0 Å². The molecule has 3 N–H and O–H groups in total. The zero-order chi connectivity index (χ0) is 10.4. The number of rotatable bonds is 5. The molecule has 15 heavy (non-hydrogen) atoms. The minimum Gasteiger partial charge on any atom is -0.493 e. The summed E-state index contributed by atoms with van der Waals surface area (Å²) in [7, 11) is 1.57. The van der Waals surface area contributed by atoms with Crippen molar-refractivity contribution < 1.29 is 14.6 Å². The molecule has 0 bridgehead atoms. The van der Waals surface area contributed by atoms with E-state index in [4.69, 9.17) is 15.2 Å². The van der Waals surface area contributed by atoms with Crippen molar-refractivity contribution in [3.05, 3.63) is 24.3 Å². The molecular weight excluding hydrogens is 218 g/mol. The van der Waals surface area contributed by atoms with Crippen LogP contribution in [-0.4, -0.2) is 31.5 Å². The molecule has 0 fully saturated rings. The standard InChI is InChI=1S/C10H15NO3.ClH/c1-13-9-4-2-3-5-10(9)14-7-8(12)6-11;/h2-5,8,12H,6-7,11H2,1H3;1H. The van der Waals surface area contributed by atoms with Crippen LogP contribution in [0.15, 0.2) is 24.3 Å². The molecular formula is C10H16ClNO3. The maximum Gasteiger partial charge on any atom is 0.161 e. The Labute approximate surface area is 95.4 Å². The Hall–Kier alpha value is -0.970. The SMILES string of the molecule is COc1ccccc1OCC(O)CN.Cl. The van der Waals surface area contributed by atoms with Gasteiger partial charge in [-0.15, -0.1) is 12.4 Å². The molecule has 1 unspecified atom stereocenters. The molecule has 0 heterocycles. The lowest BCUT2D eigenvalue weighted by atomic mass is 10.3. The highest BCUT2D eigenvalue weighted by Crippen LogP contribution is 2.25. The predicted molar refractivity (Wildman–Crippen MR) is 60.8 cm³/mol. The summed E-state index contributed by atoms with van der Waals surface area (Å²) in [6, 6.07) is 7.27. The van der Waals surface area contributed by atoms with Crippen LogP contribution >= 0.6 is 12.4 Å². The summed E-state index contributed by atoms with van der Waals surface area (Å²) in [4.78, 5) is 0. The van der Waals surface area contributed by atoms with Crippen molar-refractivity contribution in [2.45, 2.75) is 6.10 Å². The van der Waals surface area contributed by atoms with E-state index in [2.05, 4.69) is 0 Å². The summed E-state index contributed by atoms with van der Waals surface area (Å²) in [5.41, 5.74) is 5.25. The Kier molecular flexibility index (Phi) is 6.86. The van der Waals surface area contributed by atoms with Crippen LogP contribution in [0.5, 0.6) is 11.5 Å². The van der Waals surface area contributed by atoms with Crippen LogP contribution in [0.1, 0.15) is 0 Å². The van der Waals surface area contributed by atoms with E-state index in [0.29, 0.717) is 11.5 Å². The van der Waals surface area contributed by atoms with Gasteiger partial charge in [0, 0.05) is 6.54 Å². The van der Waals surface area contributed by atoms with E-state index in [1.807, 2.05) is 12.1 Å². The molecule has 0 saturated carbocycles. The van der Waals surface area contributed by atoms with Crippen molar-refractivity contribution in [3.8, 4) is 11.5 Å². The van der Waals surface area contributed by atoms with Crippen molar-refractivity contribution in [2.24, 2.45) is 5.73 Å². The smallest absolute Gasteiger partial charge is 0.161 e. The van der Waals surface area contributed by atoms with Gasteiger partial charge in [-0.05, 0) is 12.1 Å². The third-order valence-corrected chi connectivity index (χ3v) is 1.77. The zero-order valence-corrected chi connectivity index (χ0v) is 9.37. The maximum absolute atomic E-state index is 9.19. The van der Waals surface area contributed by atoms with Gasteiger partial charge in [-0.1, -0.05) is 12.1 Å². The largest absolute Gasteiger partial charge is 0.493 e. The second kappa shape index (κ2) is 7.34. The van der Waals surface area contributed by atoms with Crippen LogP contribution in [0.4, 0.5) is 0 Å². The molecule has 1 aromatic carbocycles. The van der Waals surface area contributed by atoms with Crippen molar-refractivity contribution in [1.29, 1.82) is 0 Å². The van der Waals surface area contributed by atoms with E-state index in [9.17, 15) is 5.11 Å². The molecule has 86 valence electrons. The molecule has 0 aliphatic carbocycles. The van der Waals surface area contributed by atoms with Crippen LogP contribution in [-0.2, 0) is 0 Å². The molecule has 1 aromatic rings. The van der Waals surface area contributed by atoms with Crippen LogP contribution in [0.25, 0.3) is 0 Å². The normalized spacial score (nSPS) is 11.4. The molecule has 0 saturated heterocycles. The van der Waals surface area contributed by atoms with Crippen LogP contribution in [0, 0.1) is 0 Å². The topological polar surface area (TPSA) is 64.7 Å². The average Bonchev–Trinajstić information content (AvgIpc) is 2.26. The summed E-state index contributed by atoms with van der Waals surface area (Å²) in [5.74, 6) is 1.26. The van der Waals surface area contributed by atoms with Crippen molar-refractivity contribution in [2.75, 3.05) is 20.3 Å². The molecule has 4 nitrogen and oxygen atoms in total. The van der Waals surface area contributed by atoms with Crippen molar-refractivity contribution in [1.82, 2.24) is 0 Å². The van der Waals surface area contributed by atoms with E-state index in [-0.39, 0.29) is 25.6 Å². The molecule has 0 spiro atoms. The van der Waals surface area contributed by atoms with E-state index in [0.717, 1.165) is 0 Å². The number of nitrogens with two attached hydrogens (primary N) is 1. The highest BCUT2D eigenvalue weighted by Gasteiger charge is 2.05. The highest BCUT2D eigenvalue weighted by molar-refractivity contribution is 5.85. The monoisotopic (exact) mass is 233 g/mol. The Morgan fingerprint density at radius 1 is 1.33 bits per heavy atom. The first kappa shape index (κ1) is 14.0. The van der Waals surface area contributed by atoms with Crippen molar-refractivity contribution in [3.63, 3.8) is 0 Å². The summed E-state index contributed by atoms with van der Waals surface area (Å²) >= 11 is 0. The summed E-state index contributed by atoms with van der Waals surface area (Å²) < 4.78 is 10.4. The van der Waals surface area contributed by atoms with Gasteiger partial charge < -0.3 is 20.3 Å². The highest BCUT2D eigenvalue weighted by atomic mass is 35.5. The molecule has 0 radical (unpaired) electrons. The number of benzene rings is 1. The lowest BCUT2D eigenvalue weighted by Crippen LogP contribution is -2.26. The minimum atomic E-state index is -0.639. The minimum absolute atomic E-state index is 0. The Morgan fingerprint density at radius 3 is 2.47 bits per heavy atom. The lowest BCUT2D eigenvalue weighted by Gasteiger charge is -2.12. The maximum atomic E-state index is 9.19. The number of halogens is 1. The van der Waals surface area contributed by atoms with Gasteiger partial charge in [0.15, 0.2) is 11.5 Å². The summed E-state index contributed by atoms with van der Waals surface area (Å²) in [6.45, 7) is 0.367. The molecule has 5 heteroatoms. The van der Waals surface area contributed by atoms with Crippen LogP contribution < -0.4 is 15.2 Å². The van der Waals surface area contributed by atoms with Gasteiger partial charge >= 0.3 is 0 Å². The summed E-state index contributed by atoms with van der Waals surface area (Å²) in [6.07, 6.45) is -0.639. The number of hydrogen-bond acceptors (Lipinski definition) is 4. The van der Waals surface area contributed by atoms with Crippen molar-refractivity contribution >= 4 is 12.4 Å². The second-order valence-electron chi connectivity index (χ2n) is 2.85. The molecule has 0 amide bonds. The van der Waals surface area contributed by atoms with Gasteiger partial charge in [-0.3, -0.25) is 0 Å². The number of para-hydroxylation sites is 2. The quantitative estimate of drug-likeness (QED) is 0.790. The molecule has 1 rings (SSSR count). The van der Waals surface area contributed by atoms with E-state index in [1.54, 1.807) is 19.2 Å². The van der Waals surface area contributed by atoms with Gasteiger partial charge in [-0.25, -0.2) is 0 Å². The van der Waals surface area contributed by atoms with Crippen LogP contribution in [0.2, 0.25) is 0 Å². The third kappa shape index (κ3) is 4.38. The molecule has 0 aromatic heterocycles. The third-order valence-electron chi connectivity index (χ3n) is 1.77. The summed E-state index contributed by atoms with van der Waals surface area (Å²) in [5, 5.41) is 9.19. The molecule has 0 aliphatic heterocycles. The number of ether oxygens (including phenoxy) is 2. The Morgan fingerprint density at radius 2 is 1.93 bits per heavy atom. The molecule has 1 atom stereocenters. The van der Waals surface area contributed by atoms with E-state index < -0.39 is 6.10 Å². The first-order valence-electron chi connectivity index (χ1n) is 4.42. The fourth-order valence-corrected chi connectivity index (χ4v) is 0.992. The van der Waals surface area contributed by atoms with Gasteiger partial charge in [0.1, 0.15) is 12.7 Å².